The van der Waals surface area contributed by atoms with Crippen LogP contribution in [0.5, 0.6) is 11.5 Å². The molecule has 0 aliphatic heterocycles. The summed E-state index contributed by atoms with van der Waals surface area (Å²) in [5.74, 6) is 0.720. The second kappa shape index (κ2) is 10.0. The summed E-state index contributed by atoms with van der Waals surface area (Å²) in [4.78, 5) is 22.8. The van der Waals surface area contributed by atoms with Crippen LogP contribution in [0.15, 0.2) is 47.2 Å². The van der Waals surface area contributed by atoms with Crippen LogP contribution in [0, 0.1) is 6.08 Å². The van der Waals surface area contributed by atoms with Gasteiger partial charge in [0, 0.05) is 6.92 Å². The minimum Gasteiger partial charge on any atom is -0.493 e. The Morgan fingerprint density at radius 3 is 2.59 bits per heavy atom. The third-order valence-electron chi connectivity index (χ3n) is 4.94. The Hall–Kier alpha value is -3.73. The van der Waals surface area contributed by atoms with Crippen molar-refractivity contribution in [1.29, 1.82) is 0 Å². The molecular formula is C23H21BrFN5O4. The smallest absolute Gasteiger partial charge is 0.312 e. The third-order valence-corrected chi connectivity index (χ3v) is 5.55. The number of nitrogens with zero attached hydrogens (tertiary/aromatic N) is 4. The van der Waals surface area contributed by atoms with Crippen molar-refractivity contribution in [2.45, 2.75) is 26.7 Å². The summed E-state index contributed by atoms with van der Waals surface area (Å²) < 4.78 is 32.3. The molecule has 0 aliphatic rings. The van der Waals surface area contributed by atoms with Gasteiger partial charge in [-0.15, -0.1) is 0 Å². The van der Waals surface area contributed by atoms with Gasteiger partial charge in [0.25, 0.3) is 0 Å². The molecule has 0 saturated carbocycles. The van der Waals surface area contributed by atoms with Crippen molar-refractivity contribution < 1.29 is 23.4 Å². The molecule has 4 aromatic rings. The van der Waals surface area contributed by atoms with E-state index in [9.17, 15) is 9.18 Å². The van der Waals surface area contributed by atoms with Gasteiger partial charge in [-0.25, -0.2) is 4.98 Å². The number of methoxy groups -OCH3 is 1. The number of carbonyl (C=O) groups is 1. The van der Waals surface area contributed by atoms with Gasteiger partial charge in [0.05, 0.1) is 13.7 Å². The van der Waals surface area contributed by atoms with E-state index in [1.165, 1.54) is 6.92 Å². The van der Waals surface area contributed by atoms with E-state index >= 15 is 0 Å². The molecule has 0 spiro atoms. The Morgan fingerprint density at radius 2 is 1.82 bits per heavy atom. The number of ether oxygens (including phenoxy) is 3. The van der Waals surface area contributed by atoms with Gasteiger partial charge in [-0.2, -0.15) is 14.4 Å². The molecular weight excluding hydrogens is 509 g/mol. The molecule has 11 heteroatoms. The van der Waals surface area contributed by atoms with Crippen LogP contribution in [-0.4, -0.2) is 32.6 Å². The SMILES string of the molecule is COc1ccc(COC(C)=O)cc1OCc1cccc(Cn2c(Br)nc3c(N)nc(F)nc32)c1. The molecule has 2 aromatic carbocycles. The van der Waals surface area contributed by atoms with Crippen molar-refractivity contribution in [2.24, 2.45) is 0 Å². The van der Waals surface area contributed by atoms with Gasteiger partial charge in [0.2, 0.25) is 0 Å². The van der Waals surface area contributed by atoms with Crippen molar-refractivity contribution in [1.82, 2.24) is 19.5 Å². The van der Waals surface area contributed by atoms with Gasteiger partial charge >= 0.3 is 12.0 Å². The quantitative estimate of drug-likeness (QED) is 0.207. The predicted octanol–water partition coefficient (Wildman–Crippen LogP) is 4.01. The Labute approximate surface area is 202 Å². The fraction of sp³-hybridized carbons (Fsp3) is 0.217. The summed E-state index contributed by atoms with van der Waals surface area (Å²) in [5.41, 5.74) is 9.02. The topological polar surface area (TPSA) is 114 Å². The first-order valence-corrected chi connectivity index (χ1v) is 11.0. The van der Waals surface area contributed by atoms with Crippen molar-refractivity contribution in [3.8, 4) is 11.5 Å². The number of nitrogens with two attached hydrogens (primary N) is 1. The lowest BCUT2D eigenvalue weighted by molar-refractivity contribution is -0.142. The third kappa shape index (κ3) is 5.25. The van der Waals surface area contributed by atoms with Crippen LogP contribution in [0.4, 0.5) is 10.2 Å². The molecule has 4 rings (SSSR count). The highest BCUT2D eigenvalue weighted by atomic mass is 79.9. The number of hydrogen-bond acceptors (Lipinski definition) is 8. The number of anilines is 1. The number of nitrogen functional groups attached to an aromatic ring is 1. The zero-order valence-corrected chi connectivity index (χ0v) is 20.0. The number of fused-ring (bicyclic) bond motifs is 1. The molecule has 0 saturated heterocycles. The minimum atomic E-state index is -0.911. The summed E-state index contributed by atoms with van der Waals surface area (Å²) in [6.45, 7) is 2.16. The number of benzene rings is 2. The average Bonchev–Trinajstić information content (AvgIpc) is 3.12. The van der Waals surface area contributed by atoms with Crippen LogP contribution in [0.2, 0.25) is 0 Å². The van der Waals surface area contributed by atoms with Crippen LogP contribution >= 0.6 is 15.9 Å². The maximum absolute atomic E-state index is 13.7. The van der Waals surface area contributed by atoms with Crippen LogP contribution in [0.25, 0.3) is 11.2 Å². The Balaban J connectivity index is 1.52. The Bertz CT molecular complexity index is 1360. The Morgan fingerprint density at radius 1 is 1.06 bits per heavy atom. The van der Waals surface area contributed by atoms with Gasteiger partial charge in [-0.3, -0.25) is 9.36 Å². The fourth-order valence-electron chi connectivity index (χ4n) is 3.38. The first-order valence-electron chi connectivity index (χ1n) is 10.2. The zero-order valence-electron chi connectivity index (χ0n) is 18.4. The zero-order chi connectivity index (χ0) is 24.2. The molecule has 0 aliphatic carbocycles. The largest absolute Gasteiger partial charge is 0.493 e. The van der Waals surface area contributed by atoms with Crippen molar-refractivity contribution >= 4 is 38.9 Å². The highest BCUT2D eigenvalue weighted by Crippen LogP contribution is 2.29. The number of carbonyl (C=O) groups excluding carboxylic acids is 1. The number of imidazole rings is 1. The summed E-state index contributed by atoms with van der Waals surface area (Å²) in [6.07, 6.45) is -0.911. The number of hydrogen-bond donors (Lipinski definition) is 1. The molecule has 2 aromatic heterocycles. The normalized spacial score (nSPS) is 10.9. The van der Waals surface area contributed by atoms with E-state index < -0.39 is 6.08 Å². The monoisotopic (exact) mass is 529 g/mol. The standard InChI is InChI=1S/C23H21BrFN5O4/c1-13(31)33-11-16-6-7-17(32-2)18(9-16)34-12-15-5-3-4-14(8-15)10-30-21-19(27-22(30)24)20(26)28-23(25)29-21/h3-9H,10-12H2,1-2H3,(H2,26,28,29). The van der Waals surface area contributed by atoms with E-state index in [1.54, 1.807) is 23.8 Å². The van der Waals surface area contributed by atoms with Crippen molar-refractivity contribution in [2.75, 3.05) is 12.8 Å². The number of esters is 1. The number of aromatic nitrogens is 4. The van der Waals surface area contributed by atoms with Gasteiger partial charge in [-0.1, -0.05) is 30.3 Å². The highest BCUT2D eigenvalue weighted by Gasteiger charge is 2.16. The maximum atomic E-state index is 13.7. The molecule has 0 unspecified atom stereocenters. The van der Waals surface area contributed by atoms with Gasteiger partial charge in [0.15, 0.2) is 33.2 Å². The molecule has 0 amide bonds. The first kappa shape index (κ1) is 23.4. The van der Waals surface area contributed by atoms with Crippen LogP contribution in [0.3, 0.4) is 0 Å². The molecule has 9 nitrogen and oxygen atoms in total. The summed E-state index contributed by atoms with van der Waals surface area (Å²) >= 11 is 3.39. The summed E-state index contributed by atoms with van der Waals surface area (Å²) in [5, 5.41) is 0. The minimum absolute atomic E-state index is 0.0195. The van der Waals surface area contributed by atoms with E-state index in [-0.39, 0.29) is 25.0 Å². The molecule has 0 radical (unpaired) electrons. The second-order valence-electron chi connectivity index (χ2n) is 7.39. The molecule has 2 N–H and O–H groups in total. The molecule has 0 fully saturated rings. The summed E-state index contributed by atoms with van der Waals surface area (Å²) in [6, 6.07) is 13.1. The van der Waals surface area contributed by atoms with Gasteiger partial charge in [0.1, 0.15) is 13.2 Å². The van der Waals surface area contributed by atoms with Gasteiger partial charge in [-0.05, 0) is 44.8 Å². The fourth-order valence-corrected chi connectivity index (χ4v) is 3.85. The Kier molecular flexibility index (Phi) is 6.92. The maximum Gasteiger partial charge on any atom is 0.312 e. The molecule has 176 valence electrons. The van der Waals surface area contributed by atoms with Crippen molar-refractivity contribution in [3.63, 3.8) is 0 Å². The summed E-state index contributed by atoms with van der Waals surface area (Å²) in [7, 11) is 1.56. The highest BCUT2D eigenvalue weighted by molar-refractivity contribution is 9.10. The van der Waals surface area contributed by atoms with E-state index in [0.717, 1.165) is 16.7 Å². The first-order chi connectivity index (χ1) is 16.3. The average molecular weight is 530 g/mol. The van der Waals surface area contributed by atoms with E-state index in [4.69, 9.17) is 19.9 Å². The number of rotatable bonds is 8. The molecule has 0 atom stereocenters. The van der Waals surface area contributed by atoms with Crippen LogP contribution < -0.4 is 15.2 Å². The molecule has 34 heavy (non-hydrogen) atoms. The van der Waals surface area contributed by atoms with E-state index in [2.05, 4.69) is 30.9 Å². The van der Waals surface area contributed by atoms with Gasteiger partial charge < -0.3 is 19.9 Å². The number of halogens is 2. The lowest BCUT2D eigenvalue weighted by atomic mass is 10.1. The second-order valence-corrected chi connectivity index (χ2v) is 8.10. The lowest BCUT2D eigenvalue weighted by Gasteiger charge is -2.13. The van der Waals surface area contributed by atoms with Crippen LogP contribution in [-0.2, 0) is 29.3 Å². The predicted molar refractivity (Wildman–Crippen MR) is 126 cm³/mol. The molecule has 2 heterocycles. The molecule has 0 bridgehead atoms. The van der Waals surface area contributed by atoms with Crippen LogP contribution in [0.1, 0.15) is 23.6 Å². The lowest BCUT2D eigenvalue weighted by Crippen LogP contribution is -2.05. The van der Waals surface area contributed by atoms with E-state index in [0.29, 0.717) is 33.9 Å². The van der Waals surface area contributed by atoms with Crippen molar-refractivity contribution in [3.05, 3.63) is 70.0 Å². The van der Waals surface area contributed by atoms with E-state index in [1.807, 2.05) is 30.3 Å².